The molecule has 3 rings (SSSR count). The molecule has 5 nitrogen and oxygen atoms in total. The van der Waals surface area contributed by atoms with E-state index in [-0.39, 0.29) is 5.78 Å². The van der Waals surface area contributed by atoms with Crippen LogP contribution in [-0.4, -0.2) is 46.3 Å². The summed E-state index contributed by atoms with van der Waals surface area (Å²) < 4.78 is 10.5. The highest BCUT2D eigenvalue weighted by atomic mass is 32.2. The lowest BCUT2D eigenvalue weighted by Gasteiger charge is -2.31. The highest BCUT2D eigenvalue weighted by Crippen LogP contribution is 2.47. The number of anilines is 2. The molecule has 0 saturated carbocycles. The summed E-state index contributed by atoms with van der Waals surface area (Å²) in [6, 6.07) is 4.41. The van der Waals surface area contributed by atoms with E-state index < -0.39 is 0 Å². The van der Waals surface area contributed by atoms with Crippen molar-refractivity contribution in [2.75, 3.05) is 50.7 Å². The first-order valence-corrected chi connectivity index (χ1v) is 9.62. The van der Waals surface area contributed by atoms with Crippen molar-refractivity contribution in [1.82, 2.24) is 0 Å². The molecule has 0 radical (unpaired) electrons. The number of carbonyl (C=O) groups is 1. The van der Waals surface area contributed by atoms with Gasteiger partial charge in [-0.2, -0.15) is 0 Å². The number of hydrogen-bond donors (Lipinski definition) is 1. The van der Waals surface area contributed by atoms with Crippen molar-refractivity contribution < 1.29 is 14.3 Å². The molecule has 2 aliphatic rings. The van der Waals surface area contributed by atoms with Crippen molar-refractivity contribution in [2.24, 2.45) is 0 Å². The van der Waals surface area contributed by atoms with Gasteiger partial charge in [0.25, 0.3) is 0 Å². The molecule has 0 fully saturated rings. The number of allylic oxidation sites excluding steroid dienone is 3. The second-order valence-electron chi connectivity index (χ2n) is 6.60. The maximum atomic E-state index is 11.9. The number of ketones is 1. The number of fused-ring (bicyclic) bond motifs is 1. The molecule has 1 aliphatic heterocycles. The summed E-state index contributed by atoms with van der Waals surface area (Å²) in [5, 5.41) is 3.56. The van der Waals surface area contributed by atoms with Crippen LogP contribution in [0.15, 0.2) is 39.3 Å². The Balaban J connectivity index is 1.90. The zero-order valence-electron chi connectivity index (χ0n) is 15.8. The van der Waals surface area contributed by atoms with Crippen molar-refractivity contribution in [3.05, 3.63) is 39.9 Å². The molecule has 0 bridgehead atoms. The van der Waals surface area contributed by atoms with Gasteiger partial charge < -0.3 is 19.7 Å². The van der Waals surface area contributed by atoms with E-state index >= 15 is 0 Å². The standard InChI is InChI=1S/C20H26N2O3S/c1-13-9-15(22(5-7-24-3)6-8-25-4)11-17-19(13)21-20-14(2)10-16(23)12-18(20)26-17/h9-11,21H,5-8,12H2,1-4H3. The number of methoxy groups -OCH3 is 2. The third kappa shape index (κ3) is 3.98. The molecule has 1 aliphatic carbocycles. The van der Waals surface area contributed by atoms with E-state index in [1.54, 1.807) is 32.1 Å². The van der Waals surface area contributed by atoms with E-state index in [1.807, 2.05) is 6.92 Å². The van der Waals surface area contributed by atoms with E-state index in [2.05, 4.69) is 29.3 Å². The van der Waals surface area contributed by atoms with Gasteiger partial charge in [-0.1, -0.05) is 11.8 Å². The molecular formula is C20H26N2O3S. The number of benzene rings is 1. The average Bonchev–Trinajstić information content (AvgIpc) is 2.60. The maximum absolute atomic E-state index is 11.9. The van der Waals surface area contributed by atoms with Crippen LogP contribution < -0.4 is 10.2 Å². The third-order valence-corrected chi connectivity index (χ3v) is 5.79. The zero-order chi connectivity index (χ0) is 18.7. The quantitative estimate of drug-likeness (QED) is 0.785. The van der Waals surface area contributed by atoms with Crippen LogP contribution in [0.5, 0.6) is 0 Å². The number of carbonyl (C=O) groups excluding carboxylic acids is 1. The highest BCUT2D eigenvalue weighted by Gasteiger charge is 2.26. The molecule has 0 aromatic heterocycles. The Bertz CT molecular complexity index is 763. The fraction of sp³-hybridized carbons (Fsp3) is 0.450. The lowest BCUT2D eigenvalue weighted by atomic mass is 10.0. The molecule has 6 heteroatoms. The summed E-state index contributed by atoms with van der Waals surface area (Å²) in [5.74, 6) is 0.175. The van der Waals surface area contributed by atoms with Gasteiger partial charge in [-0.3, -0.25) is 4.79 Å². The number of hydrogen-bond acceptors (Lipinski definition) is 6. The Kier molecular flexibility index (Phi) is 6.06. The predicted octanol–water partition coefficient (Wildman–Crippen LogP) is 3.74. The maximum Gasteiger partial charge on any atom is 0.161 e. The number of ether oxygens (including phenoxy) is 2. The van der Waals surface area contributed by atoms with E-state index in [4.69, 9.17) is 9.47 Å². The van der Waals surface area contributed by atoms with Crippen molar-refractivity contribution in [3.8, 4) is 0 Å². The first kappa shape index (κ1) is 19.0. The smallest absolute Gasteiger partial charge is 0.161 e. The SMILES string of the molecule is COCCN(CCOC)c1cc(C)c2c(c1)SC1=C(N2)C(C)=CC(=O)C1. The molecule has 0 amide bonds. The number of nitrogens with one attached hydrogen (secondary N) is 1. The minimum atomic E-state index is 0.175. The van der Waals surface area contributed by atoms with Crippen LogP contribution in [-0.2, 0) is 14.3 Å². The molecule has 1 heterocycles. The molecule has 0 saturated heterocycles. The van der Waals surface area contributed by atoms with Crippen LogP contribution in [0.4, 0.5) is 11.4 Å². The van der Waals surface area contributed by atoms with Crippen LogP contribution in [0.1, 0.15) is 18.9 Å². The van der Waals surface area contributed by atoms with Gasteiger partial charge in [0.15, 0.2) is 5.78 Å². The van der Waals surface area contributed by atoms with Crippen LogP contribution in [0.3, 0.4) is 0 Å². The monoisotopic (exact) mass is 374 g/mol. The largest absolute Gasteiger partial charge is 0.383 e. The third-order valence-electron chi connectivity index (χ3n) is 4.65. The summed E-state index contributed by atoms with van der Waals surface area (Å²) >= 11 is 1.71. The second-order valence-corrected chi connectivity index (χ2v) is 7.74. The minimum Gasteiger partial charge on any atom is -0.383 e. The fourth-order valence-electron chi connectivity index (χ4n) is 3.28. The highest BCUT2D eigenvalue weighted by molar-refractivity contribution is 8.03. The van der Waals surface area contributed by atoms with Gasteiger partial charge in [0, 0.05) is 49.2 Å². The molecule has 1 aromatic carbocycles. The van der Waals surface area contributed by atoms with Gasteiger partial charge >= 0.3 is 0 Å². The zero-order valence-corrected chi connectivity index (χ0v) is 16.7. The van der Waals surface area contributed by atoms with Crippen LogP contribution in [0, 0.1) is 6.92 Å². The first-order chi connectivity index (χ1) is 12.5. The van der Waals surface area contributed by atoms with E-state index in [1.165, 1.54) is 10.5 Å². The molecular weight excluding hydrogens is 348 g/mol. The number of aryl methyl sites for hydroxylation is 1. The van der Waals surface area contributed by atoms with Crippen molar-refractivity contribution in [2.45, 2.75) is 25.2 Å². The molecule has 0 unspecified atom stereocenters. The van der Waals surface area contributed by atoms with E-state index in [0.717, 1.165) is 40.6 Å². The Morgan fingerprint density at radius 2 is 1.85 bits per heavy atom. The molecule has 0 spiro atoms. The molecule has 0 atom stereocenters. The molecule has 1 aromatic rings. The lowest BCUT2D eigenvalue weighted by molar-refractivity contribution is -0.114. The first-order valence-electron chi connectivity index (χ1n) is 8.80. The van der Waals surface area contributed by atoms with Gasteiger partial charge in [0.05, 0.1) is 24.6 Å². The normalized spacial score (nSPS) is 16.0. The van der Waals surface area contributed by atoms with Crippen molar-refractivity contribution >= 4 is 28.9 Å². The molecule has 1 N–H and O–H groups in total. The predicted molar refractivity (Wildman–Crippen MR) is 107 cm³/mol. The number of rotatable bonds is 7. The Morgan fingerprint density at radius 3 is 2.50 bits per heavy atom. The summed E-state index contributed by atoms with van der Waals surface area (Å²) in [6.07, 6.45) is 2.21. The molecule has 140 valence electrons. The van der Waals surface area contributed by atoms with Gasteiger partial charge in [-0.15, -0.1) is 0 Å². The number of thioether (sulfide) groups is 1. The van der Waals surface area contributed by atoms with Gasteiger partial charge in [-0.25, -0.2) is 0 Å². The van der Waals surface area contributed by atoms with Crippen LogP contribution in [0.2, 0.25) is 0 Å². The summed E-state index contributed by atoms with van der Waals surface area (Å²) in [5.41, 5.74) is 5.59. The Hall–Kier alpha value is -1.76. The van der Waals surface area contributed by atoms with Crippen molar-refractivity contribution in [3.63, 3.8) is 0 Å². The lowest BCUT2D eigenvalue weighted by Crippen LogP contribution is -2.30. The molecule has 26 heavy (non-hydrogen) atoms. The number of nitrogens with zero attached hydrogens (tertiary/aromatic N) is 1. The summed E-state index contributed by atoms with van der Waals surface area (Å²) in [6.45, 7) is 7.07. The minimum absolute atomic E-state index is 0.175. The van der Waals surface area contributed by atoms with Crippen molar-refractivity contribution in [1.29, 1.82) is 0 Å². The summed E-state index contributed by atoms with van der Waals surface area (Å²) in [4.78, 5) is 16.5. The van der Waals surface area contributed by atoms with Crippen LogP contribution in [0.25, 0.3) is 0 Å². The van der Waals surface area contributed by atoms with Gasteiger partial charge in [0.1, 0.15) is 0 Å². The van der Waals surface area contributed by atoms with E-state index in [0.29, 0.717) is 19.6 Å². The Morgan fingerprint density at radius 1 is 1.15 bits per heavy atom. The van der Waals surface area contributed by atoms with Gasteiger partial charge in [-0.05, 0) is 43.2 Å². The average molecular weight is 375 g/mol. The summed E-state index contributed by atoms with van der Waals surface area (Å²) in [7, 11) is 3.44. The van der Waals surface area contributed by atoms with E-state index in [9.17, 15) is 4.79 Å². The Labute approximate surface area is 159 Å². The topological polar surface area (TPSA) is 50.8 Å². The van der Waals surface area contributed by atoms with Gasteiger partial charge in [0.2, 0.25) is 0 Å². The second kappa shape index (κ2) is 8.29. The van der Waals surface area contributed by atoms with Crippen LogP contribution >= 0.6 is 11.8 Å². The fourth-order valence-corrected chi connectivity index (χ4v) is 4.56.